The summed E-state index contributed by atoms with van der Waals surface area (Å²) in [5, 5.41) is 12.2. The number of nitrogens with one attached hydrogen (secondary N) is 2. The summed E-state index contributed by atoms with van der Waals surface area (Å²) in [7, 11) is 3.38. The predicted octanol–water partition coefficient (Wildman–Crippen LogP) is 4.63. The maximum absolute atomic E-state index is 9.43. The highest BCUT2D eigenvalue weighted by Gasteiger charge is 2.23. The van der Waals surface area contributed by atoms with Gasteiger partial charge in [-0.15, -0.1) is 11.3 Å². The summed E-state index contributed by atoms with van der Waals surface area (Å²) in [6.07, 6.45) is 6.97. The summed E-state index contributed by atoms with van der Waals surface area (Å²) in [6.45, 7) is 6.26. The van der Waals surface area contributed by atoms with Crippen LogP contribution in [0.4, 0.5) is 17.2 Å². The first-order chi connectivity index (χ1) is 15.7. The number of carbonyl (C=O) groups is 1. The van der Waals surface area contributed by atoms with Gasteiger partial charge < -0.3 is 26.1 Å². The second kappa shape index (κ2) is 10.6. The van der Waals surface area contributed by atoms with E-state index in [1.165, 1.54) is 28.0 Å². The second-order valence-corrected chi connectivity index (χ2v) is 9.82. The standard InChI is InChI=1S/C21H25N5OS.C3H7NO/c1-11(2)27-17-8-15(23)13(9-22)7-16(17)26-20-19-14-5-4-12(3)6-18(14)28-21(19)25-10-24-20;1-4(2)3-5/h7-12,22H,4-6,23H2,1-3H3,(H,24,25,26);3H,1-2H3. The molecule has 2 aromatic heterocycles. The van der Waals surface area contributed by atoms with Gasteiger partial charge in [0.15, 0.2) is 0 Å². The van der Waals surface area contributed by atoms with E-state index in [9.17, 15) is 4.79 Å². The summed E-state index contributed by atoms with van der Waals surface area (Å²) in [6, 6.07) is 3.61. The molecule has 1 aliphatic carbocycles. The number of amides is 1. The van der Waals surface area contributed by atoms with E-state index < -0.39 is 0 Å². The number of fused-ring (bicyclic) bond motifs is 3. The van der Waals surface area contributed by atoms with Crippen LogP contribution in [0, 0.1) is 11.3 Å². The van der Waals surface area contributed by atoms with Crippen LogP contribution in [-0.2, 0) is 17.6 Å². The summed E-state index contributed by atoms with van der Waals surface area (Å²) in [5.41, 5.74) is 9.35. The average Bonchev–Trinajstić information content (AvgIpc) is 3.13. The van der Waals surface area contributed by atoms with Crippen molar-refractivity contribution in [2.24, 2.45) is 5.92 Å². The number of aromatic nitrogens is 2. The van der Waals surface area contributed by atoms with Crippen molar-refractivity contribution in [2.75, 3.05) is 25.1 Å². The number of hydrogen-bond acceptors (Lipinski definition) is 8. The van der Waals surface area contributed by atoms with Crippen LogP contribution in [-0.4, -0.2) is 47.7 Å². The molecule has 0 spiro atoms. The molecule has 4 rings (SSSR count). The third-order valence-electron chi connectivity index (χ3n) is 5.26. The van der Waals surface area contributed by atoms with E-state index >= 15 is 0 Å². The van der Waals surface area contributed by atoms with Gasteiger partial charge in [0.1, 0.15) is 22.7 Å². The zero-order valence-electron chi connectivity index (χ0n) is 19.8. The molecular formula is C24H32N6O2S. The fourth-order valence-electron chi connectivity index (χ4n) is 3.68. The smallest absolute Gasteiger partial charge is 0.209 e. The van der Waals surface area contributed by atoms with Gasteiger partial charge in [-0.05, 0) is 50.7 Å². The summed E-state index contributed by atoms with van der Waals surface area (Å²) >= 11 is 1.77. The fraction of sp³-hybridized carbons (Fsp3) is 0.417. The van der Waals surface area contributed by atoms with Gasteiger partial charge in [-0.3, -0.25) is 4.79 Å². The number of thiophene rings is 1. The Morgan fingerprint density at radius 3 is 2.70 bits per heavy atom. The van der Waals surface area contributed by atoms with E-state index in [1.54, 1.807) is 37.8 Å². The molecule has 8 nitrogen and oxygen atoms in total. The van der Waals surface area contributed by atoms with Gasteiger partial charge >= 0.3 is 0 Å². The van der Waals surface area contributed by atoms with Gasteiger partial charge in [-0.25, -0.2) is 9.97 Å². The molecule has 1 aliphatic rings. The molecule has 1 unspecified atom stereocenters. The summed E-state index contributed by atoms with van der Waals surface area (Å²) in [4.78, 5) is 22.4. The number of benzene rings is 1. The number of hydrogen-bond donors (Lipinski definition) is 3. The third kappa shape index (κ3) is 5.78. The molecule has 4 N–H and O–H groups in total. The average molecular weight is 469 g/mol. The highest BCUT2D eigenvalue weighted by molar-refractivity contribution is 7.19. The van der Waals surface area contributed by atoms with Crippen molar-refractivity contribution in [1.82, 2.24) is 14.9 Å². The van der Waals surface area contributed by atoms with Crippen LogP contribution in [0.5, 0.6) is 5.75 Å². The molecule has 0 fully saturated rings. The minimum atomic E-state index is 0.00611. The number of anilines is 3. The Bertz CT molecular complexity index is 1140. The largest absolute Gasteiger partial charge is 0.489 e. The lowest BCUT2D eigenvalue weighted by Gasteiger charge is -2.19. The number of ether oxygens (including phenoxy) is 1. The topological polar surface area (TPSA) is 117 Å². The van der Waals surface area contributed by atoms with Gasteiger partial charge in [-0.2, -0.15) is 0 Å². The lowest BCUT2D eigenvalue weighted by atomic mass is 9.89. The molecule has 9 heteroatoms. The number of nitrogen functional groups attached to an aromatic ring is 1. The van der Waals surface area contributed by atoms with Gasteiger partial charge in [0, 0.05) is 42.5 Å². The summed E-state index contributed by atoms with van der Waals surface area (Å²) in [5.74, 6) is 2.15. The summed E-state index contributed by atoms with van der Waals surface area (Å²) < 4.78 is 5.96. The maximum atomic E-state index is 9.43. The van der Waals surface area contributed by atoms with Crippen LogP contribution < -0.4 is 15.8 Å². The number of carbonyl (C=O) groups excluding carboxylic acids is 1. The Hall–Kier alpha value is -3.20. The fourth-order valence-corrected chi connectivity index (χ4v) is 5.03. The first-order valence-electron chi connectivity index (χ1n) is 11.0. The number of nitrogens with zero attached hydrogens (tertiary/aromatic N) is 3. The lowest BCUT2D eigenvalue weighted by Crippen LogP contribution is -2.10. The molecule has 33 heavy (non-hydrogen) atoms. The van der Waals surface area contributed by atoms with Gasteiger partial charge in [-0.1, -0.05) is 6.92 Å². The number of rotatable bonds is 6. The molecule has 0 saturated carbocycles. The molecule has 1 aromatic carbocycles. The normalized spacial score (nSPS) is 14.8. The Kier molecular flexibility index (Phi) is 7.86. The number of nitrogens with two attached hydrogens (primary N) is 1. The van der Waals surface area contributed by atoms with Crippen LogP contribution in [0.25, 0.3) is 10.2 Å². The minimum absolute atomic E-state index is 0.00611. The first kappa shape index (κ1) is 24.4. The molecule has 0 aliphatic heterocycles. The molecule has 1 amide bonds. The molecular weight excluding hydrogens is 436 g/mol. The monoisotopic (exact) mass is 468 g/mol. The predicted molar refractivity (Wildman–Crippen MR) is 136 cm³/mol. The Morgan fingerprint density at radius 2 is 2.06 bits per heavy atom. The third-order valence-corrected chi connectivity index (χ3v) is 6.42. The Morgan fingerprint density at radius 1 is 1.33 bits per heavy atom. The van der Waals surface area contributed by atoms with Gasteiger partial charge in [0.2, 0.25) is 6.41 Å². The van der Waals surface area contributed by atoms with Crippen LogP contribution in [0.1, 0.15) is 43.2 Å². The Labute approximate surface area is 198 Å². The van der Waals surface area contributed by atoms with Crippen LogP contribution >= 0.6 is 11.3 Å². The van der Waals surface area contributed by atoms with E-state index in [1.807, 2.05) is 19.9 Å². The zero-order valence-corrected chi connectivity index (χ0v) is 20.6. The molecule has 1 atom stereocenters. The first-order valence-corrected chi connectivity index (χ1v) is 11.8. The maximum Gasteiger partial charge on any atom is 0.209 e. The lowest BCUT2D eigenvalue weighted by molar-refractivity contribution is -0.115. The molecule has 3 aromatic rings. The van der Waals surface area contributed by atoms with Crippen molar-refractivity contribution in [3.05, 3.63) is 34.5 Å². The van der Waals surface area contributed by atoms with E-state index in [-0.39, 0.29) is 6.10 Å². The molecule has 2 heterocycles. The van der Waals surface area contributed by atoms with Crippen LogP contribution in [0.15, 0.2) is 18.5 Å². The van der Waals surface area contributed by atoms with Crippen molar-refractivity contribution in [1.29, 1.82) is 5.41 Å². The van der Waals surface area contributed by atoms with E-state index in [0.717, 1.165) is 41.0 Å². The van der Waals surface area contributed by atoms with E-state index in [0.29, 0.717) is 22.9 Å². The van der Waals surface area contributed by atoms with Gasteiger partial charge in [0.25, 0.3) is 0 Å². The minimum Gasteiger partial charge on any atom is -0.489 e. The van der Waals surface area contributed by atoms with Crippen molar-refractivity contribution >= 4 is 51.4 Å². The molecule has 0 radical (unpaired) electrons. The van der Waals surface area contributed by atoms with Crippen molar-refractivity contribution < 1.29 is 9.53 Å². The van der Waals surface area contributed by atoms with Crippen molar-refractivity contribution in [3.63, 3.8) is 0 Å². The quantitative estimate of drug-likeness (QED) is 0.276. The van der Waals surface area contributed by atoms with Crippen molar-refractivity contribution in [2.45, 2.75) is 46.1 Å². The molecule has 0 bridgehead atoms. The van der Waals surface area contributed by atoms with Crippen LogP contribution in [0.3, 0.4) is 0 Å². The molecule has 176 valence electrons. The second-order valence-electron chi connectivity index (χ2n) is 8.74. The van der Waals surface area contributed by atoms with Crippen LogP contribution in [0.2, 0.25) is 0 Å². The molecule has 0 saturated heterocycles. The Balaban J connectivity index is 0.000000555. The van der Waals surface area contributed by atoms with Crippen molar-refractivity contribution in [3.8, 4) is 5.75 Å². The SMILES string of the molecule is CC1CCc2c(sc3ncnc(Nc4cc(C=N)c(N)cc4OC(C)C)c23)C1.CN(C)C=O. The number of aryl methyl sites for hydroxylation is 1. The highest BCUT2D eigenvalue weighted by Crippen LogP contribution is 2.41. The van der Waals surface area contributed by atoms with E-state index in [4.69, 9.17) is 15.9 Å². The zero-order chi connectivity index (χ0) is 24.1. The van der Waals surface area contributed by atoms with E-state index in [2.05, 4.69) is 22.2 Å². The highest BCUT2D eigenvalue weighted by atomic mass is 32.1. The van der Waals surface area contributed by atoms with Gasteiger partial charge in [0.05, 0.1) is 17.2 Å².